The summed E-state index contributed by atoms with van der Waals surface area (Å²) in [5, 5.41) is 0.453. The molecule has 0 aromatic heterocycles. The second-order valence-corrected chi connectivity index (χ2v) is 8.37. The van der Waals surface area contributed by atoms with Crippen LogP contribution in [0, 0.1) is 0 Å². The van der Waals surface area contributed by atoms with Gasteiger partial charge in [0.15, 0.2) is 0 Å². The lowest BCUT2D eigenvalue weighted by atomic mass is 10.2. The number of nitrogen functional groups attached to an aromatic ring is 1. The zero-order valence-electron chi connectivity index (χ0n) is 10.8. The lowest BCUT2D eigenvalue weighted by molar-refractivity contribution is 0.340. The van der Waals surface area contributed by atoms with Crippen molar-refractivity contribution in [3.8, 4) is 0 Å². The minimum absolute atomic E-state index is 0.0441. The van der Waals surface area contributed by atoms with Crippen LogP contribution in [0.1, 0.15) is 13.8 Å². The van der Waals surface area contributed by atoms with E-state index in [-0.39, 0.29) is 21.2 Å². The molecule has 0 aliphatic carbocycles. The normalized spacial score (nSPS) is 25.4. The van der Waals surface area contributed by atoms with Gasteiger partial charge in [-0.1, -0.05) is 18.5 Å². The summed E-state index contributed by atoms with van der Waals surface area (Å²) in [7, 11) is -3.56. The Kier molecular flexibility index (Phi) is 4.35. The van der Waals surface area contributed by atoms with E-state index in [9.17, 15) is 8.42 Å². The lowest BCUT2D eigenvalue weighted by Crippen LogP contribution is -2.47. The maximum Gasteiger partial charge on any atom is 0.244 e. The number of nitrogens with zero attached hydrogens (tertiary/aromatic N) is 1. The molecule has 1 aliphatic rings. The molecule has 1 saturated heterocycles. The molecule has 7 heteroatoms. The molecular weight excluding hydrogens is 304 g/mol. The molecule has 1 heterocycles. The molecule has 0 saturated carbocycles. The van der Waals surface area contributed by atoms with Gasteiger partial charge in [-0.3, -0.25) is 0 Å². The number of sulfonamides is 1. The summed E-state index contributed by atoms with van der Waals surface area (Å²) in [6.45, 7) is 4.49. The molecule has 0 amide bonds. The van der Waals surface area contributed by atoms with Gasteiger partial charge in [-0.15, -0.1) is 0 Å². The van der Waals surface area contributed by atoms with Gasteiger partial charge in [0.05, 0.1) is 5.02 Å². The molecule has 2 unspecified atom stereocenters. The first-order chi connectivity index (χ1) is 8.84. The third-order valence-electron chi connectivity index (χ3n) is 3.37. The van der Waals surface area contributed by atoms with Crippen LogP contribution in [0.25, 0.3) is 0 Å². The van der Waals surface area contributed by atoms with Crippen LogP contribution in [0.4, 0.5) is 5.69 Å². The highest BCUT2D eigenvalue weighted by molar-refractivity contribution is 8.00. The maximum absolute atomic E-state index is 12.7. The molecule has 0 spiro atoms. The van der Waals surface area contributed by atoms with E-state index in [0.29, 0.717) is 12.2 Å². The smallest absolute Gasteiger partial charge is 0.244 e. The number of hydrogen-bond acceptors (Lipinski definition) is 4. The zero-order valence-corrected chi connectivity index (χ0v) is 13.2. The Morgan fingerprint density at radius 3 is 2.74 bits per heavy atom. The molecule has 0 radical (unpaired) electrons. The molecule has 2 rings (SSSR count). The molecule has 1 fully saturated rings. The number of hydrogen-bond donors (Lipinski definition) is 1. The second-order valence-electron chi connectivity index (χ2n) is 4.62. The number of benzene rings is 1. The molecule has 0 bridgehead atoms. The van der Waals surface area contributed by atoms with E-state index < -0.39 is 10.0 Å². The van der Waals surface area contributed by atoms with E-state index in [1.165, 1.54) is 16.4 Å². The summed E-state index contributed by atoms with van der Waals surface area (Å²) in [5.74, 6) is 0.803. The third-order valence-corrected chi connectivity index (χ3v) is 7.18. The van der Waals surface area contributed by atoms with E-state index in [4.69, 9.17) is 17.3 Å². The van der Waals surface area contributed by atoms with Gasteiger partial charge in [0.25, 0.3) is 0 Å². The fourth-order valence-corrected chi connectivity index (χ4v) is 5.62. The summed E-state index contributed by atoms with van der Waals surface area (Å²) in [5.41, 5.74) is 6.06. The highest BCUT2D eigenvalue weighted by Gasteiger charge is 2.35. The molecule has 2 N–H and O–H groups in total. The van der Waals surface area contributed by atoms with Gasteiger partial charge in [-0.05, 0) is 25.1 Å². The molecule has 1 aromatic carbocycles. The number of rotatable bonds is 2. The second kappa shape index (κ2) is 5.52. The predicted octanol–water partition coefficient (Wildman–Crippen LogP) is 2.44. The minimum atomic E-state index is -3.56. The minimum Gasteiger partial charge on any atom is -0.399 e. The fourth-order valence-electron chi connectivity index (χ4n) is 2.10. The Labute approximate surface area is 123 Å². The predicted molar refractivity (Wildman–Crippen MR) is 81.1 cm³/mol. The van der Waals surface area contributed by atoms with Crippen molar-refractivity contribution in [1.29, 1.82) is 0 Å². The van der Waals surface area contributed by atoms with E-state index in [0.717, 1.165) is 5.75 Å². The zero-order chi connectivity index (χ0) is 14.2. The molecule has 2 atom stereocenters. The van der Waals surface area contributed by atoms with Crippen LogP contribution < -0.4 is 5.73 Å². The topological polar surface area (TPSA) is 63.4 Å². The van der Waals surface area contributed by atoms with Crippen molar-refractivity contribution < 1.29 is 8.42 Å². The van der Waals surface area contributed by atoms with Crippen LogP contribution in [0.5, 0.6) is 0 Å². The van der Waals surface area contributed by atoms with Gasteiger partial charge in [0, 0.05) is 29.3 Å². The van der Waals surface area contributed by atoms with Crippen molar-refractivity contribution in [2.24, 2.45) is 0 Å². The average Bonchev–Trinajstić information content (AvgIpc) is 2.31. The van der Waals surface area contributed by atoms with Crippen molar-refractivity contribution in [3.05, 3.63) is 23.2 Å². The highest BCUT2D eigenvalue weighted by Crippen LogP contribution is 2.32. The highest BCUT2D eigenvalue weighted by atomic mass is 35.5. The van der Waals surface area contributed by atoms with Crippen molar-refractivity contribution in [3.63, 3.8) is 0 Å². The lowest BCUT2D eigenvalue weighted by Gasteiger charge is -2.36. The number of anilines is 1. The molecular formula is C12H17ClN2O2S2. The van der Waals surface area contributed by atoms with Crippen LogP contribution in [0.15, 0.2) is 23.1 Å². The quantitative estimate of drug-likeness (QED) is 0.850. The summed E-state index contributed by atoms with van der Waals surface area (Å²) < 4.78 is 26.9. The number of halogens is 1. The largest absolute Gasteiger partial charge is 0.399 e. The van der Waals surface area contributed by atoms with E-state index in [2.05, 4.69) is 0 Å². The van der Waals surface area contributed by atoms with Gasteiger partial charge < -0.3 is 5.73 Å². The van der Waals surface area contributed by atoms with Gasteiger partial charge in [-0.25, -0.2) is 8.42 Å². The van der Waals surface area contributed by atoms with E-state index in [1.54, 1.807) is 17.8 Å². The molecule has 19 heavy (non-hydrogen) atoms. The van der Waals surface area contributed by atoms with Gasteiger partial charge >= 0.3 is 0 Å². The number of nitrogens with two attached hydrogens (primary N) is 1. The number of thioether (sulfide) groups is 1. The first-order valence-corrected chi connectivity index (χ1v) is 8.89. The van der Waals surface area contributed by atoms with E-state index >= 15 is 0 Å². The van der Waals surface area contributed by atoms with Gasteiger partial charge in [0.2, 0.25) is 10.0 Å². The molecule has 1 aromatic rings. The van der Waals surface area contributed by atoms with Gasteiger partial charge in [0.1, 0.15) is 4.90 Å². The summed E-state index contributed by atoms with van der Waals surface area (Å²) >= 11 is 7.82. The summed E-state index contributed by atoms with van der Waals surface area (Å²) in [6.07, 6.45) is 0. The molecule has 1 aliphatic heterocycles. The van der Waals surface area contributed by atoms with Crippen molar-refractivity contribution in [2.45, 2.75) is 30.0 Å². The first-order valence-electron chi connectivity index (χ1n) is 6.02. The summed E-state index contributed by atoms with van der Waals surface area (Å²) in [6, 6.07) is 4.47. The van der Waals surface area contributed by atoms with E-state index in [1.807, 2.05) is 13.8 Å². The SMILES string of the molecule is CC1SCCN(S(=O)(=O)c2ccc(N)cc2Cl)C1C. The Balaban J connectivity index is 2.41. The van der Waals surface area contributed by atoms with Crippen molar-refractivity contribution in [2.75, 3.05) is 18.0 Å². The first kappa shape index (κ1) is 15.0. The van der Waals surface area contributed by atoms with Crippen molar-refractivity contribution >= 4 is 39.1 Å². The van der Waals surface area contributed by atoms with Crippen LogP contribution >= 0.6 is 23.4 Å². The molecule has 4 nitrogen and oxygen atoms in total. The average molecular weight is 321 g/mol. The van der Waals surface area contributed by atoms with Crippen LogP contribution in [-0.2, 0) is 10.0 Å². The van der Waals surface area contributed by atoms with Crippen LogP contribution in [0.3, 0.4) is 0 Å². The Bertz CT molecular complexity index is 577. The standard InChI is InChI=1S/C12H17ClN2O2S2/c1-8-9(2)18-6-5-15(8)19(16,17)12-4-3-10(14)7-11(12)13/h3-4,7-9H,5-6,14H2,1-2H3. The Hall–Kier alpha value is -0.430. The fraction of sp³-hybridized carbons (Fsp3) is 0.500. The maximum atomic E-state index is 12.7. The Morgan fingerprint density at radius 1 is 1.42 bits per heavy atom. The van der Waals surface area contributed by atoms with Gasteiger partial charge in [-0.2, -0.15) is 16.1 Å². The monoisotopic (exact) mass is 320 g/mol. The summed E-state index contributed by atoms with van der Waals surface area (Å²) in [4.78, 5) is 0.134. The van der Waals surface area contributed by atoms with Crippen LogP contribution in [-0.4, -0.2) is 36.3 Å². The molecule has 106 valence electrons. The van der Waals surface area contributed by atoms with Crippen molar-refractivity contribution in [1.82, 2.24) is 4.31 Å². The van der Waals surface area contributed by atoms with Crippen LogP contribution in [0.2, 0.25) is 5.02 Å². The Morgan fingerprint density at radius 2 is 2.11 bits per heavy atom. The third kappa shape index (κ3) is 2.86.